The second-order valence-corrected chi connectivity index (χ2v) is 3.54. The molecule has 0 radical (unpaired) electrons. The van der Waals surface area contributed by atoms with Crippen molar-refractivity contribution in [3.63, 3.8) is 0 Å². The zero-order valence-corrected chi connectivity index (χ0v) is 13.3. The number of rotatable bonds is 3. The zero-order chi connectivity index (χ0) is 17.1. The minimum Gasteiger partial charge on any atom is -0.478 e. The first-order chi connectivity index (χ1) is 10.5. The standard InChI is InChI=1S/C11H11N5O2.2C2H6/c12-8-5-9(16-11(13)15-8)14-7-3-1-6(2-4-7)10(17)18;2*1-2/h1-5H,(H,17,18)(H5,12,13,14,15,16);2*1-2H3. The molecule has 0 aliphatic rings. The van der Waals surface area contributed by atoms with Crippen LogP contribution in [0.15, 0.2) is 30.3 Å². The Morgan fingerprint density at radius 1 is 1.05 bits per heavy atom. The van der Waals surface area contributed by atoms with Crippen molar-refractivity contribution in [1.82, 2.24) is 9.97 Å². The maximum absolute atomic E-state index is 10.7. The van der Waals surface area contributed by atoms with Crippen LogP contribution in [-0.4, -0.2) is 21.0 Å². The molecule has 22 heavy (non-hydrogen) atoms. The van der Waals surface area contributed by atoms with Crippen LogP contribution < -0.4 is 16.8 Å². The second kappa shape index (κ2) is 9.98. The topological polar surface area (TPSA) is 127 Å². The fourth-order valence-corrected chi connectivity index (χ4v) is 1.39. The van der Waals surface area contributed by atoms with Gasteiger partial charge < -0.3 is 21.9 Å². The van der Waals surface area contributed by atoms with E-state index in [2.05, 4.69) is 15.3 Å². The van der Waals surface area contributed by atoms with Crippen molar-refractivity contribution in [3.8, 4) is 0 Å². The van der Waals surface area contributed by atoms with E-state index in [-0.39, 0.29) is 17.3 Å². The van der Waals surface area contributed by atoms with E-state index < -0.39 is 5.97 Å². The lowest BCUT2D eigenvalue weighted by Crippen LogP contribution is -2.03. The molecule has 6 N–H and O–H groups in total. The number of benzene rings is 1. The smallest absolute Gasteiger partial charge is 0.335 e. The number of nitrogen functional groups attached to an aromatic ring is 2. The van der Waals surface area contributed by atoms with Gasteiger partial charge in [-0.15, -0.1) is 0 Å². The van der Waals surface area contributed by atoms with Crippen molar-refractivity contribution in [2.75, 3.05) is 16.8 Å². The van der Waals surface area contributed by atoms with Crippen LogP contribution in [0, 0.1) is 0 Å². The van der Waals surface area contributed by atoms with Crippen molar-refractivity contribution >= 4 is 29.2 Å². The molecule has 7 heteroatoms. The van der Waals surface area contributed by atoms with Gasteiger partial charge in [-0.2, -0.15) is 9.97 Å². The number of hydrogen-bond donors (Lipinski definition) is 4. The van der Waals surface area contributed by atoms with Crippen LogP contribution in [0.5, 0.6) is 0 Å². The Bertz CT molecular complexity index is 565. The Balaban J connectivity index is 0.00000102. The minimum absolute atomic E-state index is 0.0691. The summed E-state index contributed by atoms with van der Waals surface area (Å²) in [4.78, 5) is 18.4. The Morgan fingerprint density at radius 3 is 2.05 bits per heavy atom. The monoisotopic (exact) mass is 305 g/mol. The van der Waals surface area contributed by atoms with Crippen LogP contribution in [0.4, 0.5) is 23.3 Å². The highest BCUT2D eigenvalue weighted by Gasteiger charge is 2.03. The van der Waals surface area contributed by atoms with Gasteiger partial charge in [0, 0.05) is 11.8 Å². The number of anilines is 4. The van der Waals surface area contributed by atoms with E-state index in [4.69, 9.17) is 16.6 Å². The van der Waals surface area contributed by atoms with Crippen LogP contribution in [0.3, 0.4) is 0 Å². The molecule has 1 aromatic heterocycles. The first-order valence-electron chi connectivity index (χ1n) is 7.05. The number of aromatic nitrogens is 2. The number of carboxylic acids is 1. The van der Waals surface area contributed by atoms with Gasteiger partial charge in [-0.05, 0) is 24.3 Å². The number of carbonyl (C=O) groups is 1. The highest BCUT2D eigenvalue weighted by atomic mass is 16.4. The van der Waals surface area contributed by atoms with E-state index >= 15 is 0 Å². The van der Waals surface area contributed by atoms with E-state index in [9.17, 15) is 4.79 Å². The summed E-state index contributed by atoms with van der Waals surface area (Å²) in [6.07, 6.45) is 0. The van der Waals surface area contributed by atoms with Crippen LogP contribution in [0.1, 0.15) is 38.1 Å². The lowest BCUT2D eigenvalue weighted by atomic mass is 10.2. The molecule has 0 aliphatic carbocycles. The zero-order valence-electron chi connectivity index (χ0n) is 13.3. The Labute approximate surface area is 130 Å². The summed E-state index contributed by atoms with van der Waals surface area (Å²) in [7, 11) is 0. The van der Waals surface area contributed by atoms with E-state index in [1.54, 1.807) is 12.1 Å². The summed E-state index contributed by atoms with van der Waals surface area (Å²) in [5, 5.41) is 11.7. The number of nitrogens with zero attached hydrogens (tertiary/aromatic N) is 2. The number of aromatic carboxylic acids is 1. The molecule has 0 atom stereocenters. The van der Waals surface area contributed by atoms with Crippen LogP contribution >= 0.6 is 0 Å². The van der Waals surface area contributed by atoms with Gasteiger partial charge >= 0.3 is 5.97 Å². The third-order valence-electron chi connectivity index (χ3n) is 2.17. The van der Waals surface area contributed by atoms with Crippen molar-refractivity contribution in [3.05, 3.63) is 35.9 Å². The Kier molecular flexibility index (Phi) is 8.69. The lowest BCUT2D eigenvalue weighted by Gasteiger charge is -2.06. The maximum atomic E-state index is 10.7. The molecule has 7 nitrogen and oxygen atoms in total. The Hall–Kier alpha value is -2.83. The molecule has 0 aliphatic heterocycles. The van der Waals surface area contributed by atoms with Gasteiger partial charge in [-0.1, -0.05) is 27.7 Å². The van der Waals surface area contributed by atoms with Gasteiger partial charge in [-0.3, -0.25) is 0 Å². The van der Waals surface area contributed by atoms with Crippen molar-refractivity contribution in [2.45, 2.75) is 27.7 Å². The molecule has 1 heterocycles. The van der Waals surface area contributed by atoms with Gasteiger partial charge in [0.05, 0.1) is 5.56 Å². The van der Waals surface area contributed by atoms with Crippen molar-refractivity contribution in [2.24, 2.45) is 0 Å². The second-order valence-electron chi connectivity index (χ2n) is 3.54. The number of nitrogens with one attached hydrogen (secondary N) is 1. The molecule has 0 amide bonds. The normalized spacial score (nSPS) is 8.73. The van der Waals surface area contributed by atoms with Crippen molar-refractivity contribution in [1.29, 1.82) is 0 Å². The lowest BCUT2D eigenvalue weighted by molar-refractivity contribution is 0.0697. The van der Waals surface area contributed by atoms with Gasteiger partial charge in [0.1, 0.15) is 11.6 Å². The first kappa shape index (κ1) is 19.2. The maximum Gasteiger partial charge on any atom is 0.335 e. The number of carboxylic acid groups (broad SMARTS) is 1. The van der Waals surface area contributed by atoms with Gasteiger partial charge in [0.2, 0.25) is 5.95 Å². The van der Waals surface area contributed by atoms with Gasteiger partial charge in [0.25, 0.3) is 0 Å². The first-order valence-corrected chi connectivity index (χ1v) is 7.05. The third-order valence-corrected chi connectivity index (χ3v) is 2.17. The molecule has 0 unspecified atom stereocenters. The molecule has 0 saturated heterocycles. The SMILES string of the molecule is CC.CC.Nc1cc(Nc2ccc(C(=O)O)cc2)nc(N)n1. The summed E-state index contributed by atoms with van der Waals surface area (Å²) in [5.74, 6) is -0.202. The largest absolute Gasteiger partial charge is 0.478 e. The highest BCUT2D eigenvalue weighted by Crippen LogP contribution is 2.17. The average molecular weight is 305 g/mol. The van der Waals surface area contributed by atoms with Crippen LogP contribution in [0.25, 0.3) is 0 Å². The predicted molar refractivity (Wildman–Crippen MR) is 90.2 cm³/mol. The molecule has 0 bridgehead atoms. The third kappa shape index (κ3) is 6.08. The van der Waals surface area contributed by atoms with E-state index in [0.29, 0.717) is 11.5 Å². The summed E-state index contributed by atoms with van der Waals surface area (Å²) < 4.78 is 0. The molecule has 120 valence electrons. The quantitative estimate of drug-likeness (QED) is 0.685. The molecule has 1 aromatic carbocycles. The number of hydrogen-bond acceptors (Lipinski definition) is 6. The number of nitrogens with two attached hydrogens (primary N) is 2. The Morgan fingerprint density at radius 2 is 1.59 bits per heavy atom. The fraction of sp³-hybridized carbons (Fsp3) is 0.267. The predicted octanol–water partition coefficient (Wildman–Crippen LogP) is 3.14. The van der Waals surface area contributed by atoms with Gasteiger partial charge in [0.15, 0.2) is 0 Å². The summed E-state index contributed by atoms with van der Waals surface area (Å²) in [5.41, 5.74) is 11.9. The van der Waals surface area contributed by atoms with Gasteiger partial charge in [-0.25, -0.2) is 4.79 Å². The molecule has 0 fully saturated rings. The fourth-order valence-electron chi connectivity index (χ4n) is 1.39. The summed E-state index contributed by atoms with van der Waals surface area (Å²) in [6.45, 7) is 8.00. The minimum atomic E-state index is -0.975. The highest BCUT2D eigenvalue weighted by molar-refractivity contribution is 5.88. The molecular weight excluding hydrogens is 282 g/mol. The average Bonchev–Trinajstić information content (AvgIpc) is 2.51. The summed E-state index contributed by atoms with van der Waals surface area (Å²) in [6, 6.07) is 7.74. The van der Waals surface area contributed by atoms with E-state index in [0.717, 1.165) is 0 Å². The van der Waals surface area contributed by atoms with Crippen LogP contribution in [-0.2, 0) is 0 Å². The molecule has 2 rings (SSSR count). The molecule has 2 aromatic rings. The molecule has 0 saturated carbocycles. The molecular formula is C15H23N5O2. The van der Waals surface area contributed by atoms with E-state index in [1.807, 2.05) is 27.7 Å². The van der Waals surface area contributed by atoms with E-state index in [1.165, 1.54) is 18.2 Å². The van der Waals surface area contributed by atoms with Crippen LogP contribution in [0.2, 0.25) is 0 Å². The molecule has 0 spiro atoms. The van der Waals surface area contributed by atoms with Crippen molar-refractivity contribution < 1.29 is 9.90 Å². The summed E-state index contributed by atoms with van der Waals surface area (Å²) >= 11 is 0.